The summed E-state index contributed by atoms with van der Waals surface area (Å²) < 4.78 is 10.6. The van der Waals surface area contributed by atoms with E-state index in [0.717, 1.165) is 10.9 Å². The van der Waals surface area contributed by atoms with Gasteiger partial charge in [-0.25, -0.2) is 0 Å². The topological polar surface area (TPSA) is 77.3 Å². The highest BCUT2D eigenvalue weighted by Gasteiger charge is 2.18. The molecule has 5 nitrogen and oxygen atoms in total. The fraction of sp³-hybridized carbons (Fsp3) is 0.357. The Balaban J connectivity index is 2.14. The quantitative estimate of drug-likeness (QED) is 0.858. The first-order chi connectivity index (χ1) is 8.92. The van der Waals surface area contributed by atoms with Crippen LogP contribution in [-0.2, 0) is 6.42 Å². The molecule has 3 N–H and O–H groups in total. The number of pyridine rings is 1. The molecule has 1 aromatic carbocycles. The van der Waals surface area contributed by atoms with Gasteiger partial charge in [0.2, 0.25) is 6.79 Å². The summed E-state index contributed by atoms with van der Waals surface area (Å²) in [6.07, 6.45) is 0.521. The molecule has 1 aliphatic heterocycles. The van der Waals surface area contributed by atoms with Crippen molar-refractivity contribution in [3.8, 4) is 11.5 Å². The normalized spacial score (nSPS) is 14.1. The van der Waals surface area contributed by atoms with Crippen molar-refractivity contribution in [2.75, 3.05) is 6.79 Å². The van der Waals surface area contributed by atoms with Crippen molar-refractivity contribution in [1.82, 2.24) is 4.98 Å². The summed E-state index contributed by atoms with van der Waals surface area (Å²) in [6, 6.07) is 5.53. The van der Waals surface area contributed by atoms with Gasteiger partial charge in [-0.2, -0.15) is 0 Å². The minimum atomic E-state index is -0.420. The number of nitrogens with one attached hydrogen (secondary N) is 1. The highest BCUT2D eigenvalue weighted by Crippen LogP contribution is 2.35. The predicted molar refractivity (Wildman–Crippen MR) is 72.7 cm³/mol. The summed E-state index contributed by atoms with van der Waals surface area (Å²) in [7, 11) is 0. The Hall–Kier alpha value is -2.01. The van der Waals surface area contributed by atoms with Crippen LogP contribution in [0.2, 0.25) is 0 Å². The molecule has 0 radical (unpaired) electrons. The fourth-order valence-electron chi connectivity index (χ4n) is 2.26. The van der Waals surface area contributed by atoms with Crippen molar-refractivity contribution in [3.05, 3.63) is 34.1 Å². The molecule has 19 heavy (non-hydrogen) atoms. The maximum absolute atomic E-state index is 12.0. The molecule has 0 unspecified atom stereocenters. The highest BCUT2D eigenvalue weighted by atomic mass is 16.7. The molecule has 1 aromatic heterocycles. The van der Waals surface area contributed by atoms with E-state index in [9.17, 15) is 4.79 Å². The van der Waals surface area contributed by atoms with Crippen LogP contribution in [0.25, 0.3) is 10.9 Å². The number of H-pyrrole nitrogens is 1. The number of aromatic amines is 1. The van der Waals surface area contributed by atoms with Gasteiger partial charge >= 0.3 is 0 Å². The van der Waals surface area contributed by atoms with E-state index < -0.39 is 5.54 Å². The van der Waals surface area contributed by atoms with Crippen LogP contribution in [-0.4, -0.2) is 17.3 Å². The van der Waals surface area contributed by atoms with E-state index in [2.05, 4.69) is 4.98 Å². The lowest BCUT2D eigenvalue weighted by molar-refractivity contribution is 0.174. The van der Waals surface area contributed by atoms with E-state index in [0.29, 0.717) is 23.5 Å². The van der Waals surface area contributed by atoms with Gasteiger partial charge in [0.1, 0.15) is 0 Å². The van der Waals surface area contributed by atoms with E-state index in [1.54, 1.807) is 6.07 Å². The number of benzene rings is 1. The molecule has 0 bridgehead atoms. The van der Waals surface area contributed by atoms with Crippen molar-refractivity contribution in [2.45, 2.75) is 25.8 Å². The minimum Gasteiger partial charge on any atom is -0.454 e. The van der Waals surface area contributed by atoms with E-state index in [1.807, 2.05) is 26.0 Å². The maximum atomic E-state index is 12.0. The smallest absolute Gasteiger partial charge is 0.251 e. The van der Waals surface area contributed by atoms with Gasteiger partial charge in [-0.05, 0) is 32.4 Å². The van der Waals surface area contributed by atoms with Gasteiger partial charge < -0.3 is 20.2 Å². The number of hydrogen-bond donors (Lipinski definition) is 2. The lowest BCUT2D eigenvalue weighted by Gasteiger charge is -2.17. The van der Waals surface area contributed by atoms with Crippen LogP contribution in [0.5, 0.6) is 11.5 Å². The molecule has 0 aliphatic carbocycles. The molecular weight excluding hydrogens is 244 g/mol. The first-order valence-electron chi connectivity index (χ1n) is 6.17. The van der Waals surface area contributed by atoms with Crippen LogP contribution < -0.4 is 20.8 Å². The zero-order chi connectivity index (χ0) is 13.6. The Morgan fingerprint density at radius 2 is 1.95 bits per heavy atom. The zero-order valence-electron chi connectivity index (χ0n) is 10.9. The number of nitrogens with two attached hydrogens (primary N) is 1. The summed E-state index contributed by atoms with van der Waals surface area (Å²) in [5.74, 6) is 1.37. The molecule has 0 spiro atoms. The van der Waals surface area contributed by atoms with Gasteiger partial charge in [-0.1, -0.05) is 0 Å². The summed E-state index contributed by atoms with van der Waals surface area (Å²) in [5, 5.41) is 0.920. The molecule has 5 heteroatoms. The summed E-state index contributed by atoms with van der Waals surface area (Å²) in [6.45, 7) is 4.02. The van der Waals surface area contributed by atoms with Crippen molar-refractivity contribution < 1.29 is 9.47 Å². The Labute approximate surface area is 110 Å². The average Bonchev–Trinajstić information content (AvgIpc) is 2.72. The van der Waals surface area contributed by atoms with Crippen LogP contribution in [0.1, 0.15) is 19.4 Å². The zero-order valence-corrected chi connectivity index (χ0v) is 10.9. The van der Waals surface area contributed by atoms with Gasteiger partial charge in [0.05, 0.1) is 5.52 Å². The lowest BCUT2D eigenvalue weighted by atomic mass is 9.96. The first-order valence-corrected chi connectivity index (χ1v) is 6.17. The van der Waals surface area contributed by atoms with Gasteiger partial charge in [-0.3, -0.25) is 4.79 Å². The van der Waals surface area contributed by atoms with Gasteiger partial charge in [0.25, 0.3) is 5.56 Å². The average molecular weight is 260 g/mol. The van der Waals surface area contributed by atoms with E-state index in [-0.39, 0.29) is 12.4 Å². The molecule has 0 fully saturated rings. The Morgan fingerprint density at radius 1 is 1.26 bits per heavy atom. The molecule has 0 atom stereocenters. The highest BCUT2D eigenvalue weighted by molar-refractivity contribution is 5.83. The fourth-order valence-corrected chi connectivity index (χ4v) is 2.26. The van der Waals surface area contributed by atoms with Crippen molar-refractivity contribution in [1.29, 1.82) is 0 Å². The van der Waals surface area contributed by atoms with Crippen LogP contribution in [0.3, 0.4) is 0 Å². The third-order valence-electron chi connectivity index (χ3n) is 3.06. The monoisotopic (exact) mass is 260 g/mol. The molecule has 0 saturated carbocycles. The molecule has 2 aromatic rings. The van der Waals surface area contributed by atoms with Crippen molar-refractivity contribution in [3.63, 3.8) is 0 Å². The molecule has 2 heterocycles. The second-order valence-corrected chi connectivity index (χ2v) is 5.58. The summed E-state index contributed by atoms with van der Waals surface area (Å²) in [5.41, 5.74) is 6.87. The predicted octanol–water partition coefficient (Wildman–Crippen LogP) is 1.54. The molecule has 0 amide bonds. The van der Waals surface area contributed by atoms with Crippen LogP contribution in [0.15, 0.2) is 23.0 Å². The molecular formula is C14H16N2O3. The Kier molecular flexibility index (Phi) is 2.53. The second kappa shape index (κ2) is 3.99. The van der Waals surface area contributed by atoms with Gasteiger partial charge in [0, 0.05) is 22.6 Å². The second-order valence-electron chi connectivity index (χ2n) is 5.58. The van der Waals surface area contributed by atoms with Crippen molar-refractivity contribution in [2.24, 2.45) is 5.73 Å². The number of hydrogen-bond acceptors (Lipinski definition) is 4. The lowest BCUT2D eigenvalue weighted by Crippen LogP contribution is -2.36. The van der Waals surface area contributed by atoms with E-state index in [1.165, 1.54) is 0 Å². The third-order valence-corrected chi connectivity index (χ3v) is 3.06. The van der Waals surface area contributed by atoms with Gasteiger partial charge in [-0.15, -0.1) is 0 Å². The summed E-state index contributed by atoms with van der Waals surface area (Å²) in [4.78, 5) is 14.9. The van der Waals surface area contributed by atoms with E-state index >= 15 is 0 Å². The van der Waals surface area contributed by atoms with Crippen LogP contribution in [0.4, 0.5) is 0 Å². The standard InChI is InChI=1S/C14H16N2O3/c1-14(2,15)6-9-3-8-4-11-12(19-7-18-11)5-10(8)16-13(9)17/h3-5H,6-7,15H2,1-2H3,(H,16,17). The first kappa shape index (κ1) is 12.0. The van der Waals surface area contributed by atoms with E-state index in [4.69, 9.17) is 15.2 Å². The molecule has 100 valence electrons. The molecule has 0 saturated heterocycles. The van der Waals surface area contributed by atoms with Crippen molar-refractivity contribution >= 4 is 10.9 Å². The van der Waals surface area contributed by atoms with Crippen LogP contribution in [0, 0.1) is 0 Å². The third kappa shape index (κ3) is 2.29. The number of fused-ring (bicyclic) bond motifs is 2. The SMILES string of the molecule is CC(C)(N)Cc1cc2cc3c(cc2[nH]c1=O)OCO3. The number of ether oxygens (including phenoxy) is 2. The maximum Gasteiger partial charge on any atom is 0.251 e. The Bertz CT molecular complexity index is 698. The molecule has 1 aliphatic rings. The Morgan fingerprint density at radius 3 is 2.63 bits per heavy atom. The molecule has 3 rings (SSSR count). The van der Waals surface area contributed by atoms with Gasteiger partial charge in [0.15, 0.2) is 11.5 Å². The number of rotatable bonds is 2. The number of aromatic nitrogens is 1. The minimum absolute atomic E-state index is 0.107. The van der Waals surface area contributed by atoms with Crippen LogP contribution >= 0.6 is 0 Å². The largest absolute Gasteiger partial charge is 0.454 e. The summed E-state index contributed by atoms with van der Waals surface area (Å²) >= 11 is 0.